The number of benzene rings is 1. The third-order valence-electron chi connectivity index (χ3n) is 3.59. The topological polar surface area (TPSA) is 64.8 Å². The first-order valence-electron chi connectivity index (χ1n) is 6.43. The van der Waals surface area contributed by atoms with Crippen molar-refractivity contribution in [1.29, 1.82) is 0 Å². The number of halogens is 1. The highest BCUT2D eigenvalue weighted by atomic mass is 35.5. The van der Waals surface area contributed by atoms with E-state index in [0.29, 0.717) is 25.2 Å². The molecule has 1 unspecified atom stereocenters. The number of aromatic nitrogens is 3. The second-order valence-electron chi connectivity index (χ2n) is 4.90. The van der Waals surface area contributed by atoms with Crippen LogP contribution in [0.15, 0.2) is 30.3 Å². The van der Waals surface area contributed by atoms with Crippen LogP contribution in [-0.2, 0) is 16.4 Å². The Kier molecular flexibility index (Phi) is 3.52. The monoisotopic (exact) mass is 311 g/mol. The Balaban J connectivity index is 1.96. The van der Waals surface area contributed by atoms with Gasteiger partial charge in [0, 0.05) is 12.1 Å². The molecule has 0 N–H and O–H groups in total. The Morgan fingerprint density at radius 3 is 2.65 bits per heavy atom. The highest BCUT2D eigenvalue weighted by molar-refractivity contribution is 7.92. The molecule has 7 heteroatoms. The van der Waals surface area contributed by atoms with E-state index in [0.717, 1.165) is 5.56 Å². The Morgan fingerprint density at radius 2 is 2.00 bits per heavy atom. The van der Waals surface area contributed by atoms with E-state index in [4.69, 9.17) is 11.6 Å². The van der Waals surface area contributed by atoms with Gasteiger partial charge in [0.25, 0.3) is 0 Å². The summed E-state index contributed by atoms with van der Waals surface area (Å²) in [5.41, 5.74) is 0.877. The second kappa shape index (κ2) is 5.18. The zero-order valence-electron chi connectivity index (χ0n) is 10.7. The van der Waals surface area contributed by atoms with E-state index in [-0.39, 0.29) is 11.0 Å². The van der Waals surface area contributed by atoms with Gasteiger partial charge in [-0.15, -0.1) is 10.2 Å². The third-order valence-corrected chi connectivity index (χ3v) is 6.12. The molecule has 0 saturated carbocycles. The average Bonchev–Trinajstić information content (AvgIpc) is 2.96. The van der Waals surface area contributed by atoms with E-state index in [2.05, 4.69) is 10.2 Å². The van der Waals surface area contributed by atoms with E-state index >= 15 is 0 Å². The van der Waals surface area contributed by atoms with E-state index < -0.39 is 15.1 Å². The molecule has 0 amide bonds. The van der Waals surface area contributed by atoms with E-state index in [1.165, 1.54) is 0 Å². The molecule has 2 heterocycles. The van der Waals surface area contributed by atoms with Gasteiger partial charge in [-0.1, -0.05) is 30.3 Å². The summed E-state index contributed by atoms with van der Waals surface area (Å²) in [5, 5.41) is 7.77. The molecule has 1 aliphatic heterocycles. The summed E-state index contributed by atoms with van der Waals surface area (Å²) in [7, 11) is -3.01. The lowest BCUT2D eigenvalue weighted by Gasteiger charge is -2.13. The number of sulfone groups is 1. The van der Waals surface area contributed by atoms with Crippen molar-refractivity contribution in [3.63, 3.8) is 0 Å². The van der Waals surface area contributed by atoms with E-state index in [1.807, 2.05) is 30.3 Å². The van der Waals surface area contributed by atoms with Gasteiger partial charge in [0.05, 0.1) is 11.0 Å². The van der Waals surface area contributed by atoms with Crippen LogP contribution in [0.25, 0.3) is 11.4 Å². The molecule has 1 aliphatic rings. The maximum Gasteiger partial charge on any atom is 0.225 e. The molecular weight excluding hydrogens is 298 g/mol. The SMILES string of the molecule is O=S1(=O)CCCC1Cn1c(Cl)nnc1-c1ccccc1. The Labute approximate surface area is 122 Å². The highest BCUT2D eigenvalue weighted by Crippen LogP contribution is 2.26. The molecule has 1 aromatic heterocycles. The summed E-state index contributed by atoms with van der Waals surface area (Å²) in [6, 6.07) is 9.51. The standard InChI is InChI=1S/C13H14ClN3O2S/c14-13-16-15-12(10-5-2-1-3-6-10)17(13)9-11-7-4-8-20(11,18)19/h1-3,5-6,11H,4,7-9H2. The molecule has 0 aliphatic carbocycles. The Hall–Kier alpha value is -1.40. The van der Waals surface area contributed by atoms with Crippen LogP contribution in [0, 0.1) is 0 Å². The summed E-state index contributed by atoms with van der Waals surface area (Å²) in [6.07, 6.45) is 1.39. The van der Waals surface area contributed by atoms with E-state index in [9.17, 15) is 8.42 Å². The maximum absolute atomic E-state index is 11.9. The van der Waals surface area contributed by atoms with Gasteiger partial charge in [0.15, 0.2) is 15.7 Å². The lowest BCUT2D eigenvalue weighted by atomic mass is 10.2. The molecule has 2 aromatic rings. The van der Waals surface area contributed by atoms with Gasteiger partial charge < -0.3 is 0 Å². The highest BCUT2D eigenvalue weighted by Gasteiger charge is 2.32. The van der Waals surface area contributed by atoms with Crippen molar-refractivity contribution in [3.05, 3.63) is 35.6 Å². The lowest BCUT2D eigenvalue weighted by Crippen LogP contribution is -2.22. The molecule has 1 fully saturated rings. The molecule has 0 spiro atoms. The first-order valence-corrected chi connectivity index (χ1v) is 8.53. The predicted molar refractivity (Wildman–Crippen MR) is 77.3 cm³/mol. The summed E-state index contributed by atoms with van der Waals surface area (Å²) in [5.74, 6) is 0.871. The van der Waals surface area contributed by atoms with Crippen LogP contribution in [0.3, 0.4) is 0 Å². The van der Waals surface area contributed by atoms with Gasteiger partial charge in [-0.25, -0.2) is 8.42 Å². The van der Waals surface area contributed by atoms with Crippen molar-refractivity contribution >= 4 is 21.4 Å². The minimum atomic E-state index is -3.01. The smallest absolute Gasteiger partial charge is 0.225 e. The molecule has 20 heavy (non-hydrogen) atoms. The maximum atomic E-state index is 11.9. The zero-order chi connectivity index (χ0) is 14.2. The third kappa shape index (κ3) is 2.45. The Morgan fingerprint density at radius 1 is 1.25 bits per heavy atom. The van der Waals surface area contributed by atoms with Crippen molar-refractivity contribution < 1.29 is 8.42 Å². The van der Waals surface area contributed by atoms with Crippen molar-refractivity contribution in [3.8, 4) is 11.4 Å². The number of nitrogens with zero attached hydrogens (tertiary/aromatic N) is 3. The van der Waals surface area contributed by atoms with Crippen molar-refractivity contribution in [2.24, 2.45) is 0 Å². The minimum Gasteiger partial charge on any atom is -0.296 e. The molecule has 1 saturated heterocycles. The van der Waals surface area contributed by atoms with Gasteiger partial charge in [-0.05, 0) is 24.4 Å². The summed E-state index contributed by atoms with van der Waals surface area (Å²) >= 11 is 6.06. The van der Waals surface area contributed by atoms with Gasteiger partial charge in [0.1, 0.15) is 0 Å². The molecule has 1 atom stereocenters. The Bertz CT molecular complexity index is 712. The summed E-state index contributed by atoms with van der Waals surface area (Å²) in [4.78, 5) is 0. The van der Waals surface area contributed by atoms with Crippen LogP contribution >= 0.6 is 11.6 Å². The average molecular weight is 312 g/mol. The van der Waals surface area contributed by atoms with Crippen molar-refractivity contribution in [2.75, 3.05) is 5.75 Å². The first-order chi connectivity index (χ1) is 9.58. The van der Waals surface area contributed by atoms with Gasteiger partial charge >= 0.3 is 0 Å². The molecule has 0 bridgehead atoms. The van der Waals surface area contributed by atoms with Gasteiger partial charge in [0.2, 0.25) is 5.28 Å². The quantitative estimate of drug-likeness (QED) is 0.871. The molecular formula is C13H14ClN3O2S. The largest absolute Gasteiger partial charge is 0.296 e. The van der Waals surface area contributed by atoms with Crippen molar-refractivity contribution in [2.45, 2.75) is 24.6 Å². The summed E-state index contributed by atoms with van der Waals surface area (Å²) in [6.45, 7) is 0.318. The fourth-order valence-electron chi connectivity index (χ4n) is 2.51. The molecule has 5 nitrogen and oxygen atoms in total. The predicted octanol–water partition coefficient (Wildman–Crippen LogP) is 2.18. The first kappa shape index (κ1) is 13.6. The van der Waals surface area contributed by atoms with Crippen LogP contribution in [0.2, 0.25) is 5.28 Å². The summed E-state index contributed by atoms with van der Waals surface area (Å²) < 4.78 is 25.6. The fraction of sp³-hybridized carbons (Fsp3) is 0.385. The van der Waals surface area contributed by atoms with E-state index in [1.54, 1.807) is 4.57 Å². The molecule has 1 aromatic carbocycles. The van der Waals surface area contributed by atoms with Crippen LogP contribution in [0.1, 0.15) is 12.8 Å². The number of hydrogen-bond acceptors (Lipinski definition) is 4. The normalized spacial score (nSPS) is 21.1. The molecule has 106 valence electrons. The number of hydrogen-bond donors (Lipinski definition) is 0. The number of rotatable bonds is 3. The van der Waals surface area contributed by atoms with Gasteiger partial charge in [-0.3, -0.25) is 4.57 Å². The van der Waals surface area contributed by atoms with Crippen LogP contribution in [-0.4, -0.2) is 34.2 Å². The lowest BCUT2D eigenvalue weighted by molar-refractivity contribution is 0.567. The van der Waals surface area contributed by atoms with Crippen LogP contribution < -0.4 is 0 Å². The molecule has 3 rings (SSSR count). The molecule has 0 radical (unpaired) electrons. The minimum absolute atomic E-state index is 0.228. The zero-order valence-corrected chi connectivity index (χ0v) is 12.3. The second-order valence-corrected chi connectivity index (χ2v) is 7.64. The van der Waals surface area contributed by atoms with Crippen LogP contribution in [0.4, 0.5) is 0 Å². The van der Waals surface area contributed by atoms with Gasteiger partial charge in [-0.2, -0.15) is 0 Å². The fourth-order valence-corrected chi connectivity index (χ4v) is 4.50. The van der Waals surface area contributed by atoms with Crippen molar-refractivity contribution in [1.82, 2.24) is 14.8 Å². The van der Waals surface area contributed by atoms with Crippen LogP contribution in [0.5, 0.6) is 0 Å².